The van der Waals surface area contributed by atoms with Crippen molar-refractivity contribution in [3.63, 3.8) is 0 Å². The summed E-state index contributed by atoms with van der Waals surface area (Å²) < 4.78 is 49.6. The molecule has 1 amide bonds. The maximum Gasteiger partial charge on any atom is 0.455 e. The number of aryl methyl sites for hydroxylation is 1. The average Bonchev–Trinajstić information content (AvgIpc) is 3.65. The molecule has 176 valence electrons. The number of carbonyl (C=O) groups excluding carboxylic acids is 1. The largest absolute Gasteiger partial charge is 0.455 e. The summed E-state index contributed by atoms with van der Waals surface area (Å²) in [5, 5.41) is 16.4. The van der Waals surface area contributed by atoms with E-state index in [0.29, 0.717) is 16.1 Å². The molecule has 0 radical (unpaired) electrons. The molecule has 2 N–H and O–H groups in total. The van der Waals surface area contributed by atoms with E-state index >= 15 is 0 Å². The van der Waals surface area contributed by atoms with E-state index in [2.05, 4.69) is 15.5 Å². The minimum Gasteiger partial charge on any atom is -0.366 e. The number of hydrogen-bond acceptors (Lipinski definition) is 7. The summed E-state index contributed by atoms with van der Waals surface area (Å²) in [4.78, 5) is 18.0. The lowest BCUT2D eigenvalue weighted by Gasteiger charge is -2.39. The quantitative estimate of drug-likeness (QED) is 0.597. The standard InChI is InChI=1S/C22H22F3N3O4S/c1-8-12(9-2-3-9)15(18-27-21(28-32-18)22(23,24)25)19(33-8)26-17(29)14-11-6-4-10(5-7-11)13(14)16-20(30)31-16/h9-11,16,20,30H,2-7H2,1H3,(H,26,29). The first kappa shape index (κ1) is 21.3. The number of ether oxygens (including phenoxy) is 1. The van der Waals surface area contributed by atoms with Gasteiger partial charge in [-0.05, 0) is 74.3 Å². The molecule has 4 aliphatic carbocycles. The highest BCUT2D eigenvalue weighted by Crippen LogP contribution is 2.53. The van der Waals surface area contributed by atoms with Gasteiger partial charge in [-0.2, -0.15) is 18.2 Å². The van der Waals surface area contributed by atoms with E-state index in [1.807, 2.05) is 6.92 Å². The van der Waals surface area contributed by atoms with E-state index in [4.69, 9.17) is 9.26 Å². The van der Waals surface area contributed by atoms with Gasteiger partial charge < -0.3 is 19.7 Å². The summed E-state index contributed by atoms with van der Waals surface area (Å²) in [7, 11) is 0. The minimum atomic E-state index is -4.72. The van der Waals surface area contributed by atoms with Crippen LogP contribution in [-0.2, 0) is 15.7 Å². The van der Waals surface area contributed by atoms with Crippen molar-refractivity contribution in [1.29, 1.82) is 0 Å². The molecule has 7 nitrogen and oxygen atoms in total. The molecule has 2 atom stereocenters. The van der Waals surface area contributed by atoms with Crippen molar-refractivity contribution in [2.45, 2.75) is 69.9 Å². The Kier molecular flexibility index (Phi) is 4.76. The molecule has 1 aliphatic heterocycles. The first-order chi connectivity index (χ1) is 15.7. The van der Waals surface area contributed by atoms with Gasteiger partial charge in [0.1, 0.15) is 11.1 Å². The second kappa shape index (κ2) is 7.38. The second-order valence-corrected chi connectivity index (χ2v) is 10.5. The van der Waals surface area contributed by atoms with Crippen LogP contribution in [-0.4, -0.2) is 33.5 Å². The number of aromatic nitrogens is 2. The number of fused-ring (bicyclic) bond motifs is 2. The summed E-state index contributed by atoms with van der Waals surface area (Å²) in [5.41, 5.74) is 2.80. The Balaban J connectivity index is 1.39. The van der Waals surface area contributed by atoms with Gasteiger partial charge >= 0.3 is 6.18 Å². The van der Waals surface area contributed by atoms with Crippen LogP contribution in [0.25, 0.3) is 11.5 Å². The number of anilines is 1. The number of epoxide rings is 1. The molecule has 2 unspecified atom stereocenters. The first-order valence-electron chi connectivity index (χ1n) is 11.2. The number of aliphatic hydroxyl groups excluding tert-OH is 1. The molecular weight excluding hydrogens is 459 g/mol. The number of nitrogens with one attached hydrogen (secondary N) is 1. The van der Waals surface area contributed by atoms with Crippen LogP contribution in [0.15, 0.2) is 15.7 Å². The van der Waals surface area contributed by atoms with E-state index in [0.717, 1.165) is 54.5 Å². The fourth-order valence-electron chi connectivity index (χ4n) is 5.51. The molecule has 33 heavy (non-hydrogen) atoms. The number of nitrogens with zero attached hydrogens (tertiary/aromatic N) is 2. The Morgan fingerprint density at radius 3 is 2.33 bits per heavy atom. The van der Waals surface area contributed by atoms with Crippen molar-refractivity contribution >= 4 is 22.2 Å². The molecule has 0 aromatic carbocycles. The van der Waals surface area contributed by atoms with Crippen LogP contribution < -0.4 is 5.32 Å². The molecule has 11 heteroatoms. The average molecular weight is 481 g/mol. The first-order valence-corrected chi connectivity index (χ1v) is 12.0. The minimum absolute atomic E-state index is 0.0917. The molecule has 5 aliphatic rings. The fraction of sp³-hybridized carbons (Fsp3) is 0.591. The topological polar surface area (TPSA) is 101 Å². The molecule has 7 rings (SSSR count). The van der Waals surface area contributed by atoms with E-state index < -0.39 is 24.4 Å². The van der Waals surface area contributed by atoms with E-state index in [1.54, 1.807) is 0 Å². The molecule has 3 heterocycles. The molecule has 2 aromatic rings. The van der Waals surface area contributed by atoms with Gasteiger partial charge in [-0.1, -0.05) is 5.16 Å². The van der Waals surface area contributed by atoms with Gasteiger partial charge in [0.25, 0.3) is 17.6 Å². The predicted octanol–water partition coefficient (Wildman–Crippen LogP) is 4.78. The van der Waals surface area contributed by atoms with Crippen LogP contribution in [0.5, 0.6) is 0 Å². The van der Waals surface area contributed by atoms with Crippen LogP contribution in [0, 0.1) is 18.8 Å². The SMILES string of the molecule is Cc1sc(NC(=O)C2=C(C3OC3O)C3CCC2CC3)c(-c2nc(C(F)(F)F)no2)c1C1CC1. The number of halogens is 3. The van der Waals surface area contributed by atoms with Crippen molar-refractivity contribution in [1.82, 2.24) is 10.1 Å². The third kappa shape index (κ3) is 3.60. The van der Waals surface area contributed by atoms with Gasteiger partial charge in [-0.25, -0.2) is 0 Å². The molecule has 0 spiro atoms. The Labute approximate surface area is 191 Å². The van der Waals surface area contributed by atoms with Crippen LogP contribution in [0.4, 0.5) is 18.2 Å². The fourth-order valence-corrected chi connectivity index (χ4v) is 6.64. The Morgan fingerprint density at radius 1 is 1.12 bits per heavy atom. The summed E-state index contributed by atoms with van der Waals surface area (Å²) in [6.07, 6.45) is -0.422. The highest BCUT2D eigenvalue weighted by atomic mass is 32.1. The molecule has 2 aromatic heterocycles. The number of alkyl halides is 3. The summed E-state index contributed by atoms with van der Waals surface area (Å²) in [6.45, 7) is 1.89. The smallest absolute Gasteiger partial charge is 0.366 e. The van der Waals surface area contributed by atoms with Crippen molar-refractivity contribution in [3.8, 4) is 11.5 Å². The number of hydrogen-bond donors (Lipinski definition) is 2. The van der Waals surface area contributed by atoms with Crippen LogP contribution in [0.3, 0.4) is 0 Å². The van der Waals surface area contributed by atoms with E-state index in [9.17, 15) is 23.1 Å². The molecular formula is C22H22F3N3O4S. The maximum atomic E-state index is 13.5. The third-order valence-corrected chi connectivity index (χ3v) is 8.18. The normalized spacial score (nSPS) is 29.0. The number of amides is 1. The highest BCUT2D eigenvalue weighted by Gasteiger charge is 2.50. The van der Waals surface area contributed by atoms with Gasteiger partial charge in [0.05, 0.1) is 5.56 Å². The van der Waals surface area contributed by atoms with Gasteiger partial charge in [0.15, 0.2) is 6.29 Å². The molecule has 1 saturated heterocycles. The lowest BCUT2D eigenvalue weighted by Crippen LogP contribution is -2.35. The Morgan fingerprint density at radius 2 is 1.76 bits per heavy atom. The number of aliphatic hydroxyl groups is 1. The molecule has 2 saturated carbocycles. The lowest BCUT2D eigenvalue weighted by molar-refractivity contribution is -0.146. The summed E-state index contributed by atoms with van der Waals surface area (Å²) in [5.74, 6) is -1.34. The second-order valence-electron chi connectivity index (χ2n) is 9.29. The lowest BCUT2D eigenvalue weighted by atomic mass is 9.66. The van der Waals surface area contributed by atoms with Gasteiger partial charge in [0, 0.05) is 10.5 Å². The van der Waals surface area contributed by atoms with E-state index in [-0.39, 0.29) is 29.6 Å². The van der Waals surface area contributed by atoms with Gasteiger partial charge in [-0.15, -0.1) is 11.3 Å². The summed E-state index contributed by atoms with van der Waals surface area (Å²) in [6, 6.07) is 0. The maximum absolute atomic E-state index is 13.5. The van der Waals surface area contributed by atoms with Crippen LogP contribution >= 0.6 is 11.3 Å². The van der Waals surface area contributed by atoms with Crippen LogP contribution in [0.2, 0.25) is 0 Å². The van der Waals surface area contributed by atoms with Gasteiger partial charge in [0.2, 0.25) is 0 Å². The molecule has 3 fully saturated rings. The van der Waals surface area contributed by atoms with E-state index in [1.165, 1.54) is 11.3 Å². The Bertz CT molecular complexity index is 1160. The number of carbonyl (C=O) groups is 1. The number of thiophene rings is 1. The zero-order chi connectivity index (χ0) is 23.1. The predicted molar refractivity (Wildman–Crippen MR) is 111 cm³/mol. The molecule has 2 bridgehead atoms. The van der Waals surface area contributed by atoms with Crippen molar-refractivity contribution in [3.05, 3.63) is 27.4 Å². The zero-order valence-corrected chi connectivity index (χ0v) is 18.6. The Hall–Kier alpha value is -2.24. The highest BCUT2D eigenvalue weighted by molar-refractivity contribution is 7.17. The van der Waals surface area contributed by atoms with Crippen molar-refractivity contribution < 1.29 is 32.3 Å². The number of rotatable bonds is 5. The monoisotopic (exact) mass is 481 g/mol. The van der Waals surface area contributed by atoms with Crippen LogP contribution in [0.1, 0.15) is 60.7 Å². The van der Waals surface area contributed by atoms with Crippen molar-refractivity contribution in [2.75, 3.05) is 5.32 Å². The zero-order valence-electron chi connectivity index (χ0n) is 17.7. The summed E-state index contributed by atoms with van der Waals surface area (Å²) >= 11 is 1.31. The third-order valence-electron chi connectivity index (χ3n) is 7.14. The van der Waals surface area contributed by atoms with Crippen molar-refractivity contribution in [2.24, 2.45) is 11.8 Å². The van der Waals surface area contributed by atoms with Gasteiger partial charge in [-0.3, -0.25) is 4.79 Å².